The number of hydrogen-bond donors (Lipinski definition) is 1. The van der Waals surface area contributed by atoms with Crippen LogP contribution in [0.25, 0.3) is 0 Å². The molecule has 3 rings (SSSR count). The van der Waals surface area contributed by atoms with Crippen molar-refractivity contribution in [1.82, 2.24) is 9.80 Å². The van der Waals surface area contributed by atoms with Crippen LogP contribution in [0.15, 0.2) is 24.3 Å². The van der Waals surface area contributed by atoms with Crippen molar-refractivity contribution in [3.63, 3.8) is 0 Å². The number of thioether (sulfide) groups is 2. The Kier molecular flexibility index (Phi) is 6.28. The maximum absolute atomic E-state index is 12.6. The van der Waals surface area contributed by atoms with E-state index in [-0.39, 0.29) is 12.5 Å². The lowest BCUT2D eigenvalue weighted by atomic mass is 10.1. The van der Waals surface area contributed by atoms with Crippen LogP contribution in [0.2, 0.25) is 0 Å². The molecule has 0 aliphatic carbocycles. The van der Waals surface area contributed by atoms with Gasteiger partial charge in [0.05, 0.1) is 11.2 Å². The van der Waals surface area contributed by atoms with Gasteiger partial charge in [0.25, 0.3) is 5.91 Å². The van der Waals surface area contributed by atoms with Gasteiger partial charge < -0.3 is 10.0 Å². The normalized spacial score (nSPS) is 20.7. The zero-order valence-electron chi connectivity index (χ0n) is 13.3. The highest BCUT2D eigenvalue weighted by atomic mass is 32.2. The first-order chi connectivity index (χ1) is 11.3. The van der Waals surface area contributed by atoms with E-state index in [0.29, 0.717) is 11.1 Å². The molecule has 2 fully saturated rings. The Morgan fingerprint density at radius 3 is 2.35 bits per heavy atom. The van der Waals surface area contributed by atoms with E-state index < -0.39 is 0 Å². The number of aliphatic hydroxyl groups excluding tert-OH is 1. The molecule has 0 atom stereocenters. The molecule has 1 aromatic carbocycles. The molecule has 4 nitrogen and oxygen atoms in total. The van der Waals surface area contributed by atoms with Crippen molar-refractivity contribution in [2.45, 2.75) is 11.0 Å². The molecule has 0 radical (unpaired) electrons. The maximum Gasteiger partial charge on any atom is 0.253 e. The van der Waals surface area contributed by atoms with Gasteiger partial charge in [0.2, 0.25) is 0 Å². The largest absolute Gasteiger partial charge is 0.395 e. The molecule has 2 saturated heterocycles. The van der Waals surface area contributed by atoms with Crippen LogP contribution in [0.1, 0.15) is 26.9 Å². The highest BCUT2D eigenvalue weighted by Gasteiger charge is 2.22. The average Bonchev–Trinajstić information content (AvgIpc) is 2.63. The van der Waals surface area contributed by atoms with Gasteiger partial charge in [-0.2, -0.15) is 0 Å². The highest BCUT2D eigenvalue weighted by Crippen LogP contribution is 2.43. The van der Waals surface area contributed by atoms with Gasteiger partial charge in [0, 0.05) is 38.3 Å². The van der Waals surface area contributed by atoms with Gasteiger partial charge in [-0.05, 0) is 35.6 Å². The van der Waals surface area contributed by atoms with Crippen molar-refractivity contribution in [3.8, 4) is 0 Å². The summed E-state index contributed by atoms with van der Waals surface area (Å²) in [5, 5.41) is 8.98. The summed E-state index contributed by atoms with van der Waals surface area (Å²) in [5.74, 6) is 2.59. The van der Waals surface area contributed by atoms with Gasteiger partial charge in [-0.1, -0.05) is 12.1 Å². The third-order valence-corrected chi connectivity index (χ3v) is 7.35. The van der Waals surface area contributed by atoms with Crippen LogP contribution in [0.4, 0.5) is 0 Å². The van der Waals surface area contributed by atoms with Gasteiger partial charge in [-0.15, -0.1) is 23.5 Å². The standard InChI is InChI=1S/C17H24N2O2S2/c20-11-10-18-6-8-19(9-7-18)16(21)14-2-4-15(5-3-14)17-22-12-1-13-23-17/h2-5,17,20H,1,6-13H2. The molecule has 1 N–H and O–H groups in total. The van der Waals surface area contributed by atoms with E-state index in [9.17, 15) is 4.79 Å². The maximum atomic E-state index is 12.6. The molecule has 6 heteroatoms. The third kappa shape index (κ3) is 4.44. The third-order valence-electron chi connectivity index (χ3n) is 4.33. The zero-order valence-corrected chi connectivity index (χ0v) is 15.0. The van der Waals surface area contributed by atoms with Gasteiger partial charge in [0.1, 0.15) is 0 Å². The van der Waals surface area contributed by atoms with Gasteiger partial charge >= 0.3 is 0 Å². The zero-order chi connectivity index (χ0) is 16.1. The molecule has 23 heavy (non-hydrogen) atoms. The number of carbonyl (C=O) groups is 1. The Labute approximate surface area is 146 Å². The number of β-amino-alcohol motifs (C(OH)–C–C–N with tert-alkyl or cyclic N) is 1. The molecule has 1 aromatic rings. The van der Waals surface area contributed by atoms with Crippen LogP contribution in [0, 0.1) is 0 Å². The Morgan fingerprint density at radius 1 is 1.09 bits per heavy atom. The molecule has 2 aliphatic heterocycles. The number of rotatable bonds is 4. The second kappa shape index (κ2) is 8.42. The number of amides is 1. The molecule has 2 heterocycles. The summed E-state index contributed by atoms with van der Waals surface area (Å²) < 4.78 is 0.523. The van der Waals surface area contributed by atoms with Crippen LogP contribution in [0.5, 0.6) is 0 Å². The summed E-state index contributed by atoms with van der Waals surface area (Å²) in [6.45, 7) is 4.07. The minimum atomic E-state index is 0.129. The van der Waals surface area contributed by atoms with Crippen molar-refractivity contribution in [2.24, 2.45) is 0 Å². The molecule has 0 bridgehead atoms. The minimum absolute atomic E-state index is 0.129. The fourth-order valence-corrected chi connectivity index (χ4v) is 5.86. The van der Waals surface area contributed by atoms with Crippen molar-refractivity contribution in [2.75, 3.05) is 50.8 Å². The minimum Gasteiger partial charge on any atom is -0.395 e. The average molecular weight is 353 g/mol. The Bertz CT molecular complexity index is 510. The van der Waals surface area contributed by atoms with E-state index in [4.69, 9.17) is 5.11 Å². The first-order valence-electron chi connectivity index (χ1n) is 8.23. The van der Waals surface area contributed by atoms with E-state index in [0.717, 1.165) is 31.7 Å². The molecule has 0 spiro atoms. The lowest BCUT2D eigenvalue weighted by Gasteiger charge is -2.34. The molecule has 0 aromatic heterocycles. The fourth-order valence-electron chi connectivity index (χ4n) is 2.96. The van der Waals surface area contributed by atoms with Crippen molar-refractivity contribution in [1.29, 1.82) is 0 Å². The number of nitrogens with zero attached hydrogens (tertiary/aromatic N) is 2. The summed E-state index contributed by atoms with van der Waals surface area (Å²) in [7, 11) is 0. The van der Waals surface area contributed by atoms with Crippen LogP contribution >= 0.6 is 23.5 Å². The number of carbonyl (C=O) groups excluding carboxylic acids is 1. The van der Waals surface area contributed by atoms with Gasteiger partial charge in [-0.3, -0.25) is 9.69 Å². The van der Waals surface area contributed by atoms with E-state index in [1.807, 2.05) is 40.6 Å². The van der Waals surface area contributed by atoms with Gasteiger partial charge in [-0.25, -0.2) is 0 Å². The topological polar surface area (TPSA) is 43.8 Å². The Hall–Kier alpha value is -0.690. The molecular formula is C17H24N2O2S2. The smallest absolute Gasteiger partial charge is 0.253 e. The molecule has 0 saturated carbocycles. The molecule has 126 valence electrons. The Morgan fingerprint density at radius 2 is 1.74 bits per heavy atom. The lowest BCUT2D eigenvalue weighted by molar-refractivity contribution is 0.0615. The van der Waals surface area contributed by atoms with Crippen molar-refractivity contribution in [3.05, 3.63) is 35.4 Å². The van der Waals surface area contributed by atoms with E-state index >= 15 is 0 Å². The highest BCUT2D eigenvalue weighted by molar-refractivity contribution is 8.16. The fraction of sp³-hybridized carbons (Fsp3) is 0.588. The summed E-state index contributed by atoms with van der Waals surface area (Å²) in [4.78, 5) is 16.7. The monoisotopic (exact) mass is 352 g/mol. The second-order valence-corrected chi connectivity index (χ2v) is 8.63. The molecule has 0 unspecified atom stereocenters. The van der Waals surface area contributed by atoms with E-state index in [1.54, 1.807) is 0 Å². The molecule has 1 amide bonds. The predicted octanol–water partition coefficient (Wildman–Crippen LogP) is 2.31. The lowest BCUT2D eigenvalue weighted by Crippen LogP contribution is -2.49. The Balaban J connectivity index is 1.57. The summed E-state index contributed by atoms with van der Waals surface area (Å²) in [6.07, 6.45) is 1.30. The molecular weight excluding hydrogens is 328 g/mol. The summed E-state index contributed by atoms with van der Waals surface area (Å²) in [5.41, 5.74) is 2.11. The number of hydrogen-bond acceptors (Lipinski definition) is 5. The summed E-state index contributed by atoms with van der Waals surface area (Å²) >= 11 is 4.01. The second-order valence-electron chi connectivity index (χ2n) is 5.91. The number of piperazine rings is 1. The molecule has 2 aliphatic rings. The van der Waals surface area contributed by atoms with E-state index in [1.165, 1.54) is 23.5 Å². The van der Waals surface area contributed by atoms with Crippen LogP contribution in [-0.2, 0) is 0 Å². The first kappa shape index (κ1) is 17.1. The van der Waals surface area contributed by atoms with Gasteiger partial charge in [0.15, 0.2) is 0 Å². The van der Waals surface area contributed by atoms with Crippen LogP contribution in [0.3, 0.4) is 0 Å². The van der Waals surface area contributed by atoms with E-state index in [2.05, 4.69) is 17.0 Å². The van der Waals surface area contributed by atoms with Crippen LogP contribution < -0.4 is 0 Å². The summed E-state index contributed by atoms with van der Waals surface area (Å²) in [6, 6.07) is 8.19. The van der Waals surface area contributed by atoms with Crippen LogP contribution in [-0.4, -0.2) is 71.6 Å². The number of benzene rings is 1. The predicted molar refractivity (Wildman–Crippen MR) is 98.1 cm³/mol. The number of aliphatic hydroxyl groups is 1. The van der Waals surface area contributed by atoms with Crippen molar-refractivity contribution < 1.29 is 9.90 Å². The van der Waals surface area contributed by atoms with Crippen molar-refractivity contribution >= 4 is 29.4 Å². The SMILES string of the molecule is O=C(c1ccc(C2SCCCS2)cc1)N1CCN(CCO)CC1. The first-order valence-corrected chi connectivity index (χ1v) is 10.3. The quantitative estimate of drug-likeness (QED) is 0.901.